The number of nitrogen functional groups attached to an aromatic ring is 1. The van der Waals surface area contributed by atoms with Crippen molar-refractivity contribution in [2.75, 3.05) is 12.3 Å². The van der Waals surface area contributed by atoms with Gasteiger partial charge in [0.1, 0.15) is 24.3 Å². The second-order valence-electron chi connectivity index (χ2n) is 5.23. The minimum atomic E-state index is -0.836. The van der Waals surface area contributed by atoms with Gasteiger partial charge in [-0.3, -0.25) is 4.57 Å². The number of benzene rings is 2. The molecule has 1 aromatic heterocycles. The smallest absolute Gasteiger partial charge is 0.349 e. The van der Waals surface area contributed by atoms with Crippen molar-refractivity contribution < 1.29 is 9.84 Å². The molecular weight excluding hydrogens is 294 g/mol. The maximum Gasteiger partial charge on any atom is 0.349 e. The monoisotopic (exact) mass is 311 g/mol. The number of nitrogens with two attached hydrogens (primary N) is 1. The fourth-order valence-electron chi connectivity index (χ4n) is 2.37. The minimum absolute atomic E-state index is 0.0742. The second-order valence-corrected chi connectivity index (χ2v) is 5.23. The van der Waals surface area contributed by atoms with Gasteiger partial charge in [0.25, 0.3) is 0 Å². The van der Waals surface area contributed by atoms with Crippen LogP contribution < -0.4 is 16.2 Å². The lowest BCUT2D eigenvalue weighted by molar-refractivity contribution is 0.0920. The summed E-state index contributed by atoms with van der Waals surface area (Å²) in [6.45, 7) is 0.168. The fourth-order valence-corrected chi connectivity index (χ4v) is 2.37. The summed E-state index contributed by atoms with van der Waals surface area (Å²) in [5.41, 5.74) is 4.94. The topological polar surface area (TPSA) is 90.4 Å². The summed E-state index contributed by atoms with van der Waals surface area (Å²) >= 11 is 0. The first-order chi connectivity index (χ1) is 11.1. The second kappa shape index (κ2) is 6.50. The standard InChI is InChI=1S/C17H17N3O3/c18-16-8-9-20(17(22)19-16)10-13(21)11-23-15-7-3-5-12-4-1-2-6-14(12)15/h1-9,13,21H,10-11H2,(H2,18,19,22). The number of aromatic nitrogens is 2. The Morgan fingerprint density at radius 1 is 1.17 bits per heavy atom. The average molecular weight is 311 g/mol. The molecule has 0 saturated heterocycles. The van der Waals surface area contributed by atoms with Gasteiger partial charge in [0.15, 0.2) is 0 Å². The molecule has 1 heterocycles. The maximum absolute atomic E-state index is 11.6. The van der Waals surface area contributed by atoms with Gasteiger partial charge in [-0.05, 0) is 17.5 Å². The third kappa shape index (κ3) is 3.49. The molecule has 6 heteroatoms. The molecular formula is C17H17N3O3. The van der Waals surface area contributed by atoms with E-state index in [4.69, 9.17) is 10.5 Å². The maximum atomic E-state index is 11.6. The Hall–Kier alpha value is -2.86. The van der Waals surface area contributed by atoms with Crippen LogP contribution in [0.25, 0.3) is 10.8 Å². The van der Waals surface area contributed by atoms with Crippen molar-refractivity contribution >= 4 is 16.6 Å². The molecule has 0 aliphatic carbocycles. The SMILES string of the molecule is Nc1ccn(CC(O)COc2cccc3ccccc23)c(=O)n1. The van der Waals surface area contributed by atoms with Crippen molar-refractivity contribution in [3.63, 3.8) is 0 Å². The van der Waals surface area contributed by atoms with E-state index in [0.29, 0.717) is 5.75 Å². The van der Waals surface area contributed by atoms with E-state index < -0.39 is 11.8 Å². The average Bonchev–Trinajstić information content (AvgIpc) is 2.55. The van der Waals surface area contributed by atoms with E-state index >= 15 is 0 Å². The van der Waals surface area contributed by atoms with Crippen LogP contribution in [0.5, 0.6) is 5.75 Å². The number of hydrogen-bond acceptors (Lipinski definition) is 5. The summed E-state index contributed by atoms with van der Waals surface area (Å²) in [7, 11) is 0. The first kappa shape index (κ1) is 15.1. The number of ether oxygens (including phenoxy) is 1. The van der Waals surface area contributed by atoms with Crippen molar-refractivity contribution in [3.8, 4) is 5.75 Å². The third-order valence-corrected chi connectivity index (χ3v) is 3.48. The molecule has 3 N–H and O–H groups in total. The predicted molar refractivity (Wildman–Crippen MR) is 88.4 cm³/mol. The van der Waals surface area contributed by atoms with Crippen LogP contribution in [0.2, 0.25) is 0 Å². The van der Waals surface area contributed by atoms with Crippen LogP contribution in [0.1, 0.15) is 0 Å². The van der Waals surface area contributed by atoms with Crippen LogP contribution in [0.15, 0.2) is 59.5 Å². The van der Waals surface area contributed by atoms with E-state index in [1.54, 1.807) is 0 Å². The highest BCUT2D eigenvalue weighted by molar-refractivity contribution is 5.88. The lowest BCUT2D eigenvalue weighted by Gasteiger charge is -2.14. The Labute approximate surface area is 132 Å². The van der Waals surface area contributed by atoms with E-state index in [1.165, 1.54) is 16.8 Å². The molecule has 6 nitrogen and oxygen atoms in total. The van der Waals surface area contributed by atoms with Gasteiger partial charge in [0.05, 0.1) is 6.54 Å². The largest absolute Gasteiger partial charge is 0.490 e. The first-order valence-corrected chi connectivity index (χ1v) is 7.25. The molecule has 1 atom stereocenters. The number of hydrogen-bond donors (Lipinski definition) is 2. The van der Waals surface area contributed by atoms with Gasteiger partial charge in [-0.2, -0.15) is 4.98 Å². The Balaban J connectivity index is 1.68. The van der Waals surface area contributed by atoms with E-state index in [9.17, 15) is 9.90 Å². The van der Waals surface area contributed by atoms with E-state index in [2.05, 4.69) is 4.98 Å². The van der Waals surface area contributed by atoms with Crippen LogP contribution in [-0.2, 0) is 6.54 Å². The summed E-state index contributed by atoms with van der Waals surface area (Å²) in [6.07, 6.45) is 0.670. The van der Waals surface area contributed by atoms with Crippen LogP contribution in [0, 0.1) is 0 Å². The zero-order valence-electron chi connectivity index (χ0n) is 12.4. The lowest BCUT2D eigenvalue weighted by Crippen LogP contribution is -2.31. The molecule has 3 aromatic rings. The Bertz CT molecular complexity index is 871. The molecule has 0 spiro atoms. The molecule has 0 radical (unpaired) electrons. The molecule has 3 rings (SSSR count). The zero-order valence-corrected chi connectivity index (χ0v) is 12.4. The number of anilines is 1. The highest BCUT2D eigenvalue weighted by Gasteiger charge is 2.09. The third-order valence-electron chi connectivity index (χ3n) is 3.48. The summed E-state index contributed by atoms with van der Waals surface area (Å²) < 4.78 is 7.01. The number of nitrogens with zero attached hydrogens (tertiary/aromatic N) is 2. The van der Waals surface area contributed by atoms with Gasteiger partial charge in [-0.15, -0.1) is 0 Å². The molecule has 118 valence electrons. The molecule has 2 aromatic carbocycles. The van der Waals surface area contributed by atoms with Crippen LogP contribution >= 0.6 is 0 Å². The molecule has 23 heavy (non-hydrogen) atoms. The van der Waals surface area contributed by atoms with Crippen LogP contribution in [-0.4, -0.2) is 27.4 Å². The first-order valence-electron chi connectivity index (χ1n) is 7.25. The molecule has 0 fully saturated rings. The van der Waals surface area contributed by atoms with E-state index in [0.717, 1.165) is 10.8 Å². The summed E-state index contributed by atoms with van der Waals surface area (Å²) in [4.78, 5) is 15.3. The lowest BCUT2D eigenvalue weighted by atomic mass is 10.1. The van der Waals surface area contributed by atoms with Crippen molar-refractivity contribution in [2.24, 2.45) is 0 Å². The van der Waals surface area contributed by atoms with Gasteiger partial charge in [-0.1, -0.05) is 36.4 Å². The van der Waals surface area contributed by atoms with E-state index in [-0.39, 0.29) is 19.0 Å². The summed E-state index contributed by atoms with van der Waals surface area (Å²) in [5, 5.41) is 12.1. The molecule has 0 aliphatic rings. The normalized spacial score (nSPS) is 12.2. The Morgan fingerprint density at radius 3 is 2.78 bits per heavy atom. The minimum Gasteiger partial charge on any atom is -0.490 e. The number of rotatable bonds is 5. The molecule has 0 saturated carbocycles. The predicted octanol–water partition coefficient (Wildman–Crippen LogP) is 1.42. The van der Waals surface area contributed by atoms with E-state index in [1.807, 2.05) is 42.5 Å². The van der Waals surface area contributed by atoms with Crippen molar-refractivity contribution in [3.05, 3.63) is 65.2 Å². The number of aliphatic hydroxyl groups is 1. The van der Waals surface area contributed by atoms with Crippen molar-refractivity contribution in [1.29, 1.82) is 0 Å². The van der Waals surface area contributed by atoms with Crippen LogP contribution in [0.4, 0.5) is 5.82 Å². The Morgan fingerprint density at radius 2 is 1.96 bits per heavy atom. The van der Waals surface area contributed by atoms with Crippen LogP contribution in [0.3, 0.4) is 0 Å². The summed E-state index contributed by atoms with van der Waals surface area (Å²) in [6, 6.07) is 15.1. The van der Waals surface area contributed by atoms with Gasteiger partial charge >= 0.3 is 5.69 Å². The van der Waals surface area contributed by atoms with Gasteiger partial charge in [-0.25, -0.2) is 4.79 Å². The highest BCUT2D eigenvalue weighted by atomic mass is 16.5. The Kier molecular flexibility index (Phi) is 4.25. The molecule has 0 amide bonds. The zero-order chi connectivity index (χ0) is 16.2. The van der Waals surface area contributed by atoms with Gasteiger partial charge < -0.3 is 15.6 Å². The molecule has 0 aliphatic heterocycles. The molecule has 1 unspecified atom stereocenters. The summed E-state index contributed by atoms with van der Waals surface area (Å²) in [5.74, 6) is 0.859. The van der Waals surface area contributed by atoms with Gasteiger partial charge in [0.2, 0.25) is 0 Å². The number of fused-ring (bicyclic) bond motifs is 1. The molecule has 0 bridgehead atoms. The quantitative estimate of drug-likeness (QED) is 0.743. The van der Waals surface area contributed by atoms with Crippen molar-refractivity contribution in [2.45, 2.75) is 12.6 Å². The van der Waals surface area contributed by atoms with Gasteiger partial charge in [0, 0.05) is 11.6 Å². The van der Waals surface area contributed by atoms with Crippen molar-refractivity contribution in [1.82, 2.24) is 9.55 Å². The fraction of sp³-hybridized carbons (Fsp3) is 0.176. The number of aliphatic hydroxyl groups excluding tert-OH is 1. The highest BCUT2D eigenvalue weighted by Crippen LogP contribution is 2.25.